The summed E-state index contributed by atoms with van der Waals surface area (Å²) in [5, 5.41) is 0.850. The number of morpholine rings is 1. The molecule has 0 aliphatic carbocycles. The van der Waals surface area contributed by atoms with Gasteiger partial charge in [-0.3, -0.25) is 9.71 Å². The van der Waals surface area contributed by atoms with Gasteiger partial charge in [0.15, 0.2) is 0 Å². The monoisotopic (exact) mass is 497 g/mol. The zero-order chi connectivity index (χ0) is 24.6. The van der Waals surface area contributed by atoms with Gasteiger partial charge in [-0.2, -0.15) is 0 Å². The van der Waals surface area contributed by atoms with Crippen molar-refractivity contribution in [2.45, 2.75) is 11.8 Å². The molecule has 180 valence electrons. The van der Waals surface area contributed by atoms with Gasteiger partial charge in [0, 0.05) is 36.3 Å². The largest absolute Gasteiger partial charge is 0.378 e. The van der Waals surface area contributed by atoms with E-state index in [2.05, 4.69) is 24.6 Å². The first kappa shape index (κ1) is 23.1. The van der Waals surface area contributed by atoms with Gasteiger partial charge in [0.1, 0.15) is 28.7 Å². The predicted molar refractivity (Wildman–Crippen MR) is 128 cm³/mol. The van der Waals surface area contributed by atoms with Crippen LogP contribution in [0.25, 0.3) is 22.0 Å². The second kappa shape index (κ2) is 9.16. The van der Waals surface area contributed by atoms with Crippen LogP contribution in [0.4, 0.5) is 20.3 Å². The molecular weight excluding hydrogens is 476 g/mol. The number of sulfonamides is 1. The van der Waals surface area contributed by atoms with Gasteiger partial charge in [-0.25, -0.2) is 27.2 Å². The summed E-state index contributed by atoms with van der Waals surface area (Å²) in [6.45, 7) is 4.30. The molecule has 0 spiro atoms. The Labute approximate surface area is 200 Å². The lowest BCUT2D eigenvalue weighted by Gasteiger charge is -2.28. The normalized spacial score (nSPS) is 14.3. The number of hydrogen-bond donors (Lipinski definition) is 1. The van der Waals surface area contributed by atoms with Crippen molar-refractivity contribution in [3.8, 4) is 11.1 Å². The lowest BCUT2D eigenvalue weighted by Crippen LogP contribution is -2.36. The summed E-state index contributed by atoms with van der Waals surface area (Å²) in [7, 11) is -4.31. The molecule has 35 heavy (non-hydrogen) atoms. The van der Waals surface area contributed by atoms with Crippen LogP contribution < -0.4 is 9.62 Å². The molecule has 5 rings (SSSR count). The predicted octanol–water partition coefficient (Wildman–Crippen LogP) is 3.92. The van der Waals surface area contributed by atoms with E-state index in [0.29, 0.717) is 43.6 Å². The minimum Gasteiger partial charge on any atom is -0.378 e. The molecule has 0 unspecified atom stereocenters. The summed E-state index contributed by atoms with van der Waals surface area (Å²) >= 11 is 0. The van der Waals surface area contributed by atoms with Gasteiger partial charge in [-0.15, -0.1) is 0 Å². The zero-order valence-corrected chi connectivity index (χ0v) is 19.5. The van der Waals surface area contributed by atoms with E-state index in [1.54, 1.807) is 19.2 Å². The molecular formula is C24H21F2N5O3S. The second-order valence-electron chi connectivity index (χ2n) is 8.07. The summed E-state index contributed by atoms with van der Waals surface area (Å²) < 4.78 is 60.8. The average molecular weight is 498 g/mol. The van der Waals surface area contributed by atoms with Gasteiger partial charge >= 0.3 is 0 Å². The van der Waals surface area contributed by atoms with E-state index in [1.807, 2.05) is 18.2 Å². The number of aryl methyl sites for hydroxylation is 1. The standard InChI is InChI=1S/C24H21F2N5O3S/c1-15-22(30-35(32,33)23-5-3-18(25)12-20(23)26)11-17(13-27-15)16-2-4-21-19(10-16)24(29-14-28-21)31-6-8-34-9-7-31/h2-5,10-14,30H,6-9H2,1H3. The maximum Gasteiger partial charge on any atom is 0.264 e. The summed E-state index contributed by atoms with van der Waals surface area (Å²) in [6.07, 6.45) is 3.16. The molecule has 2 aromatic carbocycles. The molecule has 1 N–H and O–H groups in total. The smallest absolute Gasteiger partial charge is 0.264 e. The van der Waals surface area contributed by atoms with E-state index in [9.17, 15) is 17.2 Å². The highest BCUT2D eigenvalue weighted by atomic mass is 32.2. The average Bonchev–Trinajstić information content (AvgIpc) is 2.85. The van der Waals surface area contributed by atoms with Crippen molar-refractivity contribution < 1.29 is 21.9 Å². The third-order valence-electron chi connectivity index (χ3n) is 5.77. The lowest BCUT2D eigenvalue weighted by molar-refractivity contribution is 0.122. The molecule has 0 amide bonds. The molecule has 1 fully saturated rings. The fourth-order valence-electron chi connectivity index (χ4n) is 3.94. The molecule has 8 nitrogen and oxygen atoms in total. The van der Waals surface area contributed by atoms with E-state index < -0.39 is 26.6 Å². The number of ether oxygens (including phenoxy) is 1. The summed E-state index contributed by atoms with van der Waals surface area (Å²) in [5.74, 6) is -1.24. The number of benzene rings is 2. The molecule has 2 aromatic heterocycles. The molecule has 1 aliphatic heterocycles. The van der Waals surface area contributed by atoms with Gasteiger partial charge in [0.05, 0.1) is 30.1 Å². The number of fused-ring (bicyclic) bond motifs is 1. The Morgan fingerprint density at radius 2 is 1.77 bits per heavy atom. The number of anilines is 2. The molecule has 1 saturated heterocycles. The zero-order valence-electron chi connectivity index (χ0n) is 18.7. The van der Waals surface area contributed by atoms with Crippen LogP contribution in [0.2, 0.25) is 0 Å². The molecule has 0 radical (unpaired) electrons. The van der Waals surface area contributed by atoms with Gasteiger partial charge in [0.25, 0.3) is 10.0 Å². The van der Waals surface area contributed by atoms with Gasteiger partial charge in [-0.05, 0) is 42.8 Å². The molecule has 4 aromatic rings. The quantitative estimate of drug-likeness (QED) is 0.446. The summed E-state index contributed by atoms with van der Waals surface area (Å²) in [6, 6.07) is 9.60. The van der Waals surface area contributed by atoms with Crippen molar-refractivity contribution in [2.75, 3.05) is 35.9 Å². The molecule has 0 atom stereocenters. The van der Waals surface area contributed by atoms with Gasteiger partial charge in [-0.1, -0.05) is 6.07 Å². The fourth-order valence-corrected chi connectivity index (χ4v) is 5.11. The summed E-state index contributed by atoms with van der Waals surface area (Å²) in [4.78, 5) is 14.7. The fraction of sp³-hybridized carbons (Fsp3) is 0.208. The minimum absolute atomic E-state index is 0.184. The van der Waals surface area contributed by atoms with Crippen LogP contribution in [0.5, 0.6) is 0 Å². The van der Waals surface area contributed by atoms with E-state index in [4.69, 9.17) is 4.74 Å². The first-order chi connectivity index (χ1) is 16.8. The van der Waals surface area contributed by atoms with Crippen molar-refractivity contribution in [2.24, 2.45) is 0 Å². The summed E-state index contributed by atoms with van der Waals surface area (Å²) in [5.41, 5.74) is 2.79. The number of rotatable bonds is 5. The molecule has 3 heterocycles. The van der Waals surface area contributed by atoms with E-state index in [0.717, 1.165) is 34.4 Å². The van der Waals surface area contributed by atoms with Gasteiger partial charge in [0.2, 0.25) is 0 Å². The highest BCUT2D eigenvalue weighted by Crippen LogP contribution is 2.31. The Bertz CT molecular complexity index is 1530. The maximum atomic E-state index is 14.1. The number of pyridine rings is 1. The molecule has 11 heteroatoms. The molecule has 0 saturated carbocycles. The maximum absolute atomic E-state index is 14.1. The SMILES string of the molecule is Cc1ncc(-c2ccc3ncnc(N4CCOCC4)c3c2)cc1NS(=O)(=O)c1ccc(F)cc1F. The van der Waals surface area contributed by atoms with Crippen molar-refractivity contribution in [1.29, 1.82) is 0 Å². The van der Waals surface area contributed by atoms with E-state index in [-0.39, 0.29) is 5.69 Å². The van der Waals surface area contributed by atoms with Crippen molar-refractivity contribution in [3.05, 3.63) is 72.3 Å². The van der Waals surface area contributed by atoms with Crippen molar-refractivity contribution in [3.63, 3.8) is 0 Å². The first-order valence-corrected chi connectivity index (χ1v) is 12.3. The highest BCUT2D eigenvalue weighted by molar-refractivity contribution is 7.92. The third-order valence-corrected chi connectivity index (χ3v) is 7.17. The number of halogens is 2. The van der Waals surface area contributed by atoms with Crippen molar-refractivity contribution in [1.82, 2.24) is 15.0 Å². The van der Waals surface area contributed by atoms with E-state index >= 15 is 0 Å². The Morgan fingerprint density at radius 3 is 2.54 bits per heavy atom. The van der Waals surface area contributed by atoms with Crippen LogP contribution in [0.1, 0.15) is 5.69 Å². The third kappa shape index (κ3) is 4.64. The second-order valence-corrected chi connectivity index (χ2v) is 9.72. The minimum atomic E-state index is -4.31. The number of aromatic nitrogens is 3. The molecule has 0 bridgehead atoms. The Kier molecular flexibility index (Phi) is 6.03. The van der Waals surface area contributed by atoms with Crippen LogP contribution in [0, 0.1) is 18.6 Å². The number of nitrogens with one attached hydrogen (secondary N) is 1. The first-order valence-electron chi connectivity index (χ1n) is 10.8. The van der Waals surface area contributed by atoms with Crippen LogP contribution in [0.3, 0.4) is 0 Å². The number of nitrogens with zero attached hydrogens (tertiary/aromatic N) is 4. The van der Waals surface area contributed by atoms with Crippen LogP contribution >= 0.6 is 0 Å². The van der Waals surface area contributed by atoms with E-state index in [1.165, 1.54) is 6.33 Å². The van der Waals surface area contributed by atoms with Gasteiger partial charge < -0.3 is 9.64 Å². The highest BCUT2D eigenvalue weighted by Gasteiger charge is 2.21. The van der Waals surface area contributed by atoms with Crippen LogP contribution in [-0.4, -0.2) is 49.7 Å². The van der Waals surface area contributed by atoms with Crippen LogP contribution in [0.15, 0.2) is 59.9 Å². The number of hydrogen-bond acceptors (Lipinski definition) is 7. The Hall–Kier alpha value is -3.70. The lowest BCUT2D eigenvalue weighted by atomic mass is 10.0. The van der Waals surface area contributed by atoms with Crippen LogP contribution in [-0.2, 0) is 14.8 Å². The Morgan fingerprint density at radius 1 is 0.971 bits per heavy atom. The topological polar surface area (TPSA) is 97.3 Å². The Balaban J connectivity index is 1.52. The van der Waals surface area contributed by atoms with Crippen molar-refractivity contribution >= 4 is 32.4 Å². The molecule has 1 aliphatic rings.